The van der Waals surface area contributed by atoms with E-state index in [0.29, 0.717) is 16.7 Å². The Morgan fingerprint density at radius 1 is 1.22 bits per heavy atom. The van der Waals surface area contributed by atoms with E-state index < -0.39 is 16.6 Å². The molecule has 3 unspecified atom stereocenters. The maximum absolute atomic E-state index is 13.4. The third kappa shape index (κ3) is 2.91. The van der Waals surface area contributed by atoms with E-state index in [4.69, 9.17) is 5.73 Å². The Morgan fingerprint density at radius 2 is 1.83 bits per heavy atom. The van der Waals surface area contributed by atoms with E-state index in [9.17, 15) is 8.60 Å². The van der Waals surface area contributed by atoms with Gasteiger partial charge in [0.1, 0.15) is 5.82 Å². The molecule has 1 aromatic rings. The molecule has 2 rings (SSSR count). The van der Waals surface area contributed by atoms with Gasteiger partial charge in [0, 0.05) is 10.1 Å². The SMILES string of the molecule is CC1CC(C)CC(S(=O)c2ccc(N)c(F)c2)C1. The van der Waals surface area contributed by atoms with Gasteiger partial charge in [0.2, 0.25) is 0 Å². The largest absolute Gasteiger partial charge is 0.396 e. The lowest BCUT2D eigenvalue weighted by molar-refractivity contribution is 0.305. The van der Waals surface area contributed by atoms with Crippen LogP contribution in [0.3, 0.4) is 0 Å². The van der Waals surface area contributed by atoms with Crippen LogP contribution in [0.4, 0.5) is 10.1 Å². The first kappa shape index (κ1) is 13.5. The Morgan fingerprint density at radius 3 is 2.39 bits per heavy atom. The predicted octanol–water partition coefficient (Wildman–Crippen LogP) is 3.34. The van der Waals surface area contributed by atoms with Crippen molar-refractivity contribution in [2.24, 2.45) is 11.8 Å². The number of nitrogen functional groups attached to an aromatic ring is 1. The molecular weight excluding hydrogens is 249 g/mol. The number of benzene rings is 1. The number of anilines is 1. The smallest absolute Gasteiger partial charge is 0.147 e. The Bertz CT molecular complexity index is 453. The molecule has 1 aliphatic rings. The summed E-state index contributed by atoms with van der Waals surface area (Å²) in [5.41, 5.74) is 5.55. The molecule has 0 radical (unpaired) electrons. The highest BCUT2D eigenvalue weighted by atomic mass is 32.2. The van der Waals surface area contributed by atoms with E-state index in [2.05, 4.69) is 13.8 Å². The maximum Gasteiger partial charge on any atom is 0.147 e. The van der Waals surface area contributed by atoms with Crippen LogP contribution in [0.1, 0.15) is 33.1 Å². The Balaban J connectivity index is 2.17. The average Bonchev–Trinajstić information content (AvgIpc) is 2.30. The number of nitrogens with two attached hydrogens (primary N) is 1. The topological polar surface area (TPSA) is 43.1 Å². The molecule has 2 N–H and O–H groups in total. The molecule has 0 aliphatic heterocycles. The van der Waals surface area contributed by atoms with Crippen molar-refractivity contribution in [2.75, 3.05) is 5.73 Å². The summed E-state index contributed by atoms with van der Waals surface area (Å²) in [5.74, 6) is 0.723. The lowest BCUT2D eigenvalue weighted by Crippen LogP contribution is -2.27. The highest BCUT2D eigenvalue weighted by Gasteiger charge is 2.28. The van der Waals surface area contributed by atoms with Gasteiger partial charge in [-0.15, -0.1) is 0 Å². The molecule has 0 saturated heterocycles. The van der Waals surface area contributed by atoms with Crippen LogP contribution in [-0.4, -0.2) is 9.46 Å². The monoisotopic (exact) mass is 269 g/mol. The minimum atomic E-state index is -1.13. The van der Waals surface area contributed by atoms with Crippen molar-refractivity contribution in [3.8, 4) is 0 Å². The van der Waals surface area contributed by atoms with Gasteiger partial charge in [0.05, 0.1) is 16.5 Å². The van der Waals surface area contributed by atoms with Crippen molar-refractivity contribution >= 4 is 16.5 Å². The maximum atomic E-state index is 13.4. The Kier molecular flexibility index (Phi) is 4.05. The van der Waals surface area contributed by atoms with Crippen LogP contribution in [0.25, 0.3) is 0 Å². The number of rotatable bonds is 2. The molecule has 1 fully saturated rings. The predicted molar refractivity (Wildman–Crippen MR) is 73.2 cm³/mol. The van der Waals surface area contributed by atoms with Crippen molar-refractivity contribution in [3.05, 3.63) is 24.0 Å². The first-order chi connectivity index (χ1) is 8.47. The second-order valence-corrected chi connectivity index (χ2v) is 7.25. The summed E-state index contributed by atoms with van der Waals surface area (Å²) in [6.45, 7) is 4.40. The molecule has 1 aliphatic carbocycles. The second kappa shape index (κ2) is 5.39. The van der Waals surface area contributed by atoms with Gasteiger partial charge < -0.3 is 5.73 Å². The normalized spacial score (nSPS) is 30.1. The first-order valence-electron chi connectivity index (χ1n) is 6.43. The van der Waals surface area contributed by atoms with E-state index in [1.807, 2.05) is 0 Å². The molecule has 2 nitrogen and oxygen atoms in total. The van der Waals surface area contributed by atoms with Crippen LogP contribution in [0.5, 0.6) is 0 Å². The van der Waals surface area contributed by atoms with E-state index in [1.54, 1.807) is 6.07 Å². The third-order valence-electron chi connectivity index (χ3n) is 3.64. The molecule has 4 heteroatoms. The zero-order valence-electron chi connectivity index (χ0n) is 10.9. The minimum absolute atomic E-state index is 0.112. The molecule has 18 heavy (non-hydrogen) atoms. The molecule has 0 aromatic heterocycles. The molecule has 1 saturated carbocycles. The van der Waals surface area contributed by atoms with Crippen molar-refractivity contribution in [1.29, 1.82) is 0 Å². The van der Waals surface area contributed by atoms with Gasteiger partial charge in [0.25, 0.3) is 0 Å². The molecule has 0 bridgehead atoms. The Hall–Kier alpha value is -0.900. The van der Waals surface area contributed by atoms with E-state index in [-0.39, 0.29) is 10.9 Å². The van der Waals surface area contributed by atoms with Crippen LogP contribution in [0.2, 0.25) is 0 Å². The molecule has 0 spiro atoms. The summed E-state index contributed by atoms with van der Waals surface area (Å²) < 4.78 is 25.9. The van der Waals surface area contributed by atoms with E-state index in [0.717, 1.165) is 12.8 Å². The zero-order chi connectivity index (χ0) is 13.3. The quantitative estimate of drug-likeness (QED) is 0.837. The number of hydrogen-bond donors (Lipinski definition) is 1. The summed E-state index contributed by atoms with van der Waals surface area (Å²) in [6, 6.07) is 4.49. The Labute approximate surface area is 110 Å². The van der Waals surface area contributed by atoms with E-state index in [1.165, 1.54) is 18.6 Å². The van der Waals surface area contributed by atoms with Gasteiger partial charge in [-0.1, -0.05) is 13.8 Å². The third-order valence-corrected chi connectivity index (χ3v) is 5.35. The fourth-order valence-electron chi connectivity index (χ4n) is 2.87. The van der Waals surface area contributed by atoms with Gasteiger partial charge in [-0.2, -0.15) is 0 Å². The van der Waals surface area contributed by atoms with Crippen LogP contribution < -0.4 is 5.73 Å². The van der Waals surface area contributed by atoms with E-state index >= 15 is 0 Å². The standard InChI is InChI=1S/C14H20FNOS/c1-9-5-10(2)7-12(6-9)18(17)11-3-4-14(16)13(15)8-11/h3-4,8-10,12H,5-7,16H2,1-2H3. The minimum Gasteiger partial charge on any atom is -0.396 e. The number of halogens is 1. The van der Waals surface area contributed by atoms with Gasteiger partial charge in [-0.25, -0.2) is 4.39 Å². The highest BCUT2D eigenvalue weighted by Crippen LogP contribution is 2.33. The zero-order valence-corrected chi connectivity index (χ0v) is 11.7. The first-order valence-corrected chi connectivity index (χ1v) is 7.64. The molecule has 0 heterocycles. The van der Waals surface area contributed by atoms with Gasteiger partial charge in [-0.05, 0) is 49.3 Å². The molecule has 3 atom stereocenters. The average molecular weight is 269 g/mol. The van der Waals surface area contributed by atoms with Crippen LogP contribution >= 0.6 is 0 Å². The molecular formula is C14H20FNOS. The lowest BCUT2D eigenvalue weighted by atomic mass is 9.83. The van der Waals surface area contributed by atoms with Crippen LogP contribution in [0, 0.1) is 17.7 Å². The summed E-state index contributed by atoms with van der Waals surface area (Å²) in [5, 5.41) is 0.145. The fourth-order valence-corrected chi connectivity index (χ4v) is 4.69. The molecule has 100 valence electrons. The number of hydrogen-bond acceptors (Lipinski definition) is 2. The summed E-state index contributed by atoms with van der Waals surface area (Å²) in [4.78, 5) is 0.563. The van der Waals surface area contributed by atoms with Crippen LogP contribution in [-0.2, 0) is 10.8 Å². The van der Waals surface area contributed by atoms with Crippen molar-refractivity contribution in [2.45, 2.75) is 43.3 Å². The summed E-state index contributed by atoms with van der Waals surface area (Å²) in [6.07, 6.45) is 3.12. The van der Waals surface area contributed by atoms with Gasteiger partial charge in [-0.3, -0.25) is 4.21 Å². The molecule has 0 amide bonds. The van der Waals surface area contributed by atoms with Crippen molar-refractivity contribution < 1.29 is 8.60 Å². The van der Waals surface area contributed by atoms with Crippen molar-refractivity contribution in [1.82, 2.24) is 0 Å². The van der Waals surface area contributed by atoms with Crippen molar-refractivity contribution in [3.63, 3.8) is 0 Å². The molecule has 1 aromatic carbocycles. The van der Waals surface area contributed by atoms with Gasteiger partial charge in [0.15, 0.2) is 0 Å². The lowest BCUT2D eigenvalue weighted by Gasteiger charge is -2.30. The highest BCUT2D eigenvalue weighted by molar-refractivity contribution is 7.85. The second-order valence-electron chi connectivity index (χ2n) is 5.52. The fraction of sp³-hybridized carbons (Fsp3) is 0.571. The van der Waals surface area contributed by atoms with Crippen LogP contribution in [0.15, 0.2) is 23.1 Å². The summed E-state index contributed by atoms with van der Waals surface area (Å²) >= 11 is 0. The van der Waals surface area contributed by atoms with Gasteiger partial charge >= 0.3 is 0 Å². The summed E-state index contributed by atoms with van der Waals surface area (Å²) in [7, 11) is -1.13.